The van der Waals surface area contributed by atoms with Crippen LogP contribution in [-0.4, -0.2) is 85.6 Å². The molecular formula is C24H40N6. The van der Waals surface area contributed by atoms with E-state index in [4.69, 9.17) is 0 Å². The molecule has 2 saturated carbocycles. The Morgan fingerprint density at radius 3 is 1.53 bits per heavy atom. The van der Waals surface area contributed by atoms with Gasteiger partial charge < -0.3 is 10.6 Å². The van der Waals surface area contributed by atoms with Gasteiger partial charge in [0, 0.05) is 50.3 Å². The fourth-order valence-corrected chi connectivity index (χ4v) is 10.7. The van der Waals surface area contributed by atoms with E-state index in [2.05, 4.69) is 31.1 Å². The van der Waals surface area contributed by atoms with E-state index in [9.17, 15) is 0 Å². The van der Waals surface area contributed by atoms with Crippen LogP contribution in [0.1, 0.15) is 38.5 Å². The van der Waals surface area contributed by atoms with Crippen LogP contribution < -0.4 is 21.3 Å². The third-order valence-electron chi connectivity index (χ3n) is 11.2. The fraction of sp³-hybridized carbons (Fsp3) is 1.00. The standard InChI is InChI=1S/C24H40N6/c1-2-4-14-13(3-1)19-15-5-7-25-11-17(15)29-21(19)22-20(14)16-6-8-26-12-18(16)30(22)24-23(29)27-9-10-28-24/h13-28H,1-12H2. The molecular weight excluding hydrogens is 372 g/mol. The number of hydrogen-bond acceptors (Lipinski definition) is 6. The summed E-state index contributed by atoms with van der Waals surface area (Å²) in [6.45, 7) is 7.21. The zero-order valence-electron chi connectivity index (χ0n) is 18.3. The number of fused-ring (bicyclic) bond motifs is 12. The predicted octanol–water partition coefficient (Wildman–Crippen LogP) is 0.222. The molecule has 8 rings (SSSR count). The molecule has 8 fully saturated rings. The molecule has 0 spiro atoms. The van der Waals surface area contributed by atoms with Crippen molar-refractivity contribution in [1.82, 2.24) is 31.1 Å². The van der Waals surface area contributed by atoms with Gasteiger partial charge in [0.1, 0.15) is 0 Å². The first-order valence-corrected chi connectivity index (χ1v) is 13.4. The van der Waals surface area contributed by atoms with Crippen molar-refractivity contribution in [3.05, 3.63) is 0 Å². The Morgan fingerprint density at radius 2 is 1.03 bits per heavy atom. The summed E-state index contributed by atoms with van der Waals surface area (Å²) in [4.78, 5) is 6.17. The summed E-state index contributed by atoms with van der Waals surface area (Å²) >= 11 is 0. The van der Waals surface area contributed by atoms with E-state index in [-0.39, 0.29) is 0 Å². The van der Waals surface area contributed by atoms with Gasteiger partial charge in [0.2, 0.25) is 0 Å². The van der Waals surface area contributed by atoms with Crippen molar-refractivity contribution in [3.8, 4) is 0 Å². The summed E-state index contributed by atoms with van der Waals surface area (Å²) in [5.74, 6) is 5.84. The molecule has 6 aliphatic heterocycles. The number of piperazine rings is 2. The SMILES string of the molecule is C1CCC2C(C1)C1C3CCNCC3N3C4NCCNC4N4C5CNCCC5C2C4C13. The molecule has 0 aromatic carbocycles. The summed E-state index contributed by atoms with van der Waals surface area (Å²) in [5.41, 5.74) is 0. The monoisotopic (exact) mass is 412 g/mol. The number of nitrogens with zero attached hydrogens (tertiary/aromatic N) is 2. The minimum Gasteiger partial charge on any atom is -0.315 e. The fourth-order valence-electron chi connectivity index (χ4n) is 10.7. The van der Waals surface area contributed by atoms with Crippen molar-refractivity contribution in [1.29, 1.82) is 0 Å². The second-order valence-electron chi connectivity index (χ2n) is 11.9. The lowest BCUT2D eigenvalue weighted by Gasteiger charge is -2.61. The summed E-state index contributed by atoms with van der Waals surface area (Å²) in [6, 6.07) is 3.14. The van der Waals surface area contributed by atoms with E-state index in [0.29, 0.717) is 12.3 Å². The van der Waals surface area contributed by atoms with Crippen LogP contribution in [0, 0.1) is 35.5 Å². The van der Waals surface area contributed by atoms with E-state index in [1.807, 2.05) is 0 Å². The molecule has 8 aliphatic rings. The van der Waals surface area contributed by atoms with Crippen molar-refractivity contribution in [2.45, 2.75) is 75.0 Å². The molecule has 12 atom stereocenters. The van der Waals surface area contributed by atoms with Crippen molar-refractivity contribution >= 4 is 0 Å². The molecule has 0 aromatic heterocycles. The largest absolute Gasteiger partial charge is 0.315 e. The zero-order chi connectivity index (χ0) is 19.4. The molecule has 6 nitrogen and oxygen atoms in total. The number of rotatable bonds is 0. The van der Waals surface area contributed by atoms with Gasteiger partial charge in [0.05, 0.1) is 12.3 Å². The van der Waals surface area contributed by atoms with Gasteiger partial charge in [-0.2, -0.15) is 0 Å². The van der Waals surface area contributed by atoms with Gasteiger partial charge in [-0.15, -0.1) is 0 Å². The highest BCUT2D eigenvalue weighted by Gasteiger charge is 2.71. The van der Waals surface area contributed by atoms with E-state index in [0.717, 1.165) is 72.8 Å². The Hall–Kier alpha value is -0.240. The van der Waals surface area contributed by atoms with Gasteiger partial charge in [0.15, 0.2) is 0 Å². The van der Waals surface area contributed by atoms with Gasteiger partial charge >= 0.3 is 0 Å². The quantitative estimate of drug-likeness (QED) is 0.457. The summed E-state index contributed by atoms with van der Waals surface area (Å²) in [5, 5.41) is 15.7. The third-order valence-corrected chi connectivity index (χ3v) is 11.2. The molecule has 6 heteroatoms. The molecule has 6 heterocycles. The number of hydrogen-bond donors (Lipinski definition) is 4. The lowest BCUT2D eigenvalue weighted by molar-refractivity contribution is -0.135. The van der Waals surface area contributed by atoms with Crippen LogP contribution in [0.2, 0.25) is 0 Å². The first-order chi connectivity index (χ1) is 14.9. The molecule has 2 aliphatic carbocycles. The van der Waals surface area contributed by atoms with E-state index < -0.39 is 0 Å². The van der Waals surface area contributed by atoms with Gasteiger partial charge in [-0.1, -0.05) is 12.8 Å². The predicted molar refractivity (Wildman–Crippen MR) is 117 cm³/mol. The second kappa shape index (κ2) is 6.64. The number of nitrogens with one attached hydrogen (secondary N) is 4. The highest BCUT2D eigenvalue weighted by atomic mass is 15.5. The third kappa shape index (κ3) is 2.17. The number of piperidine rings is 2. The van der Waals surface area contributed by atoms with E-state index >= 15 is 0 Å². The summed E-state index contributed by atoms with van der Waals surface area (Å²) in [6.07, 6.45) is 9.94. The van der Waals surface area contributed by atoms with Crippen LogP contribution in [0.4, 0.5) is 0 Å². The molecule has 0 amide bonds. The van der Waals surface area contributed by atoms with Crippen molar-refractivity contribution in [2.24, 2.45) is 35.5 Å². The van der Waals surface area contributed by atoms with Crippen LogP contribution in [0.15, 0.2) is 0 Å². The topological polar surface area (TPSA) is 54.6 Å². The van der Waals surface area contributed by atoms with Crippen molar-refractivity contribution < 1.29 is 0 Å². The molecule has 0 radical (unpaired) electrons. The molecule has 12 unspecified atom stereocenters. The Morgan fingerprint density at radius 1 is 0.533 bits per heavy atom. The summed E-state index contributed by atoms with van der Waals surface area (Å²) < 4.78 is 0. The highest BCUT2D eigenvalue weighted by molar-refractivity contribution is 5.24. The molecule has 0 aromatic rings. The van der Waals surface area contributed by atoms with Crippen LogP contribution in [0.3, 0.4) is 0 Å². The highest BCUT2D eigenvalue weighted by Crippen LogP contribution is 2.64. The Balaban J connectivity index is 1.31. The van der Waals surface area contributed by atoms with Gasteiger partial charge in [-0.25, -0.2) is 0 Å². The van der Waals surface area contributed by atoms with Crippen molar-refractivity contribution in [2.75, 3.05) is 39.3 Å². The lowest BCUT2D eigenvalue weighted by atomic mass is 9.53. The van der Waals surface area contributed by atoms with Crippen LogP contribution in [0.25, 0.3) is 0 Å². The van der Waals surface area contributed by atoms with Gasteiger partial charge in [0.25, 0.3) is 0 Å². The Kier molecular flexibility index (Phi) is 4.03. The van der Waals surface area contributed by atoms with Gasteiger partial charge in [-0.3, -0.25) is 20.4 Å². The molecule has 0 bridgehead atoms. The maximum absolute atomic E-state index is 4.04. The molecule has 166 valence electrons. The maximum Gasteiger partial charge on any atom is 0.0900 e. The lowest BCUT2D eigenvalue weighted by Crippen LogP contribution is -2.80. The maximum atomic E-state index is 4.04. The van der Waals surface area contributed by atoms with E-state index in [1.54, 1.807) is 0 Å². The zero-order valence-corrected chi connectivity index (χ0v) is 18.3. The first kappa shape index (κ1) is 18.2. The summed E-state index contributed by atoms with van der Waals surface area (Å²) in [7, 11) is 0. The molecule has 4 N–H and O–H groups in total. The smallest absolute Gasteiger partial charge is 0.0900 e. The minimum absolute atomic E-state index is 0.513. The van der Waals surface area contributed by atoms with Crippen molar-refractivity contribution in [3.63, 3.8) is 0 Å². The van der Waals surface area contributed by atoms with Crippen LogP contribution in [0.5, 0.6) is 0 Å². The average Bonchev–Trinajstić information content (AvgIpc) is 3.34. The first-order valence-electron chi connectivity index (χ1n) is 13.4. The molecule has 30 heavy (non-hydrogen) atoms. The van der Waals surface area contributed by atoms with Crippen LogP contribution >= 0.6 is 0 Å². The average molecular weight is 413 g/mol. The Labute approximate surface area is 181 Å². The Bertz CT molecular complexity index is 587. The molecule has 6 saturated heterocycles. The minimum atomic E-state index is 0.513. The normalized spacial score (nSPS) is 59.6. The van der Waals surface area contributed by atoms with Gasteiger partial charge in [-0.05, 0) is 74.3 Å². The van der Waals surface area contributed by atoms with E-state index in [1.165, 1.54) is 64.7 Å². The van der Waals surface area contributed by atoms with Crippen LogP contribution in [-0.2, 0) is 0 Å². The second-order valence-corrected chi connectivity index (χ2v) is 11.9.